The van der Waals surface area contributed by atoms with E-state index in [1.807, 2.05) is 12.1 Å². The Balaban J connectivity index is 2.09. The highest BCUT2D eigenvalue weighted by atomic mass is 79.9. The lowest BCUT2D eigenvalue weighted by atomic mass is 9.94. The van der Waals surface area contributed by atoms with E-state index in [0.717, 1.165) is 28.3 Å². The van der Waals surface area contributed by atoms with E-state index in [1.54, 1.807) is 0 Å². The molecule has 92 valence electrons. The van der Waals surface area contributed by atoms with E-state index < -0.39 is 0 Å². The third kappa shape index (κ3) is 1.74. The summed E-state index contributed by atoms with van der Waals surface area (Å²) in [4.78, 5) is 11.9. The molecule has 0 unspecified atom stereocenters. The summed E-state index contributed by atoms with van der Waals surface area (Å²) in [5.41, 5.74) is 0.694. The van der Waals surface area contributed by atoms with Gasteiger partial charge in [-0.25, -0.2) is 0 Å². The Labute approximate surface area is 114 Å². The van der Waals surface area contributed by atoms with Gasteiger partial charge in [-0.3, -0.25) is 4.79 Å². The van der Waals surface area contributed by atoms with Gasteiger partial charge in [0.2, 0.25) is 0 Å². The molecule has 1 aliphatic carbocycles. The average Bonchev–Trinajstić information content (AvgIpc) is 3.18. The third-order valence-corrected chi connectivity index (χ3v) is 4.17. The van der Waals surface area contributed by atoms with Crippen molar-refractivity contribution in [1.82, 2.24) is 0 Å². The van der Waals surface area contributed by atoms with Crippen molar-refractivity contribution < 1.29 is 9.53 Å². The van der Waals surface area contributed by atoms with E-state index in [-0.39, 0.29) is 11.4 Å². The smallest absolute Gasteiger partial charge is 0.316 e. The van der Waals surface area contributed by atoms with Crippen LogP contribution >= 0.6 is 15.9 Å². The summed E-state index contributed by atoms with van der Waals surface area (Å²) in [5, 5.41) is 2.33. The molecule has 0 saturated heterocycles. The first kappa shape index (κ1) is 11.7. The van der Waals surface area contributed by atoms with Crippen molar-refractivity contribution >= 4 is 32.7 Å². The Kier molecular flexibility index (Phi) is 2.67. The van der Waals surface area contributed by atoms with Crippen LogP contribution in [0.1, 0.15) is 18.4 Å². The van der Waals surface area contributed by atoms with Crippen LogP contribution in [0.2, 0.25) is 0 Å². The van der Waals surface area contributed by atoms with Crippen LogP contribution in [-0.2, 0) is 14.9 Å². The number of carbonyl (C=O) groups is 1. The maximum atomic E-state index is 11.9. The summed E-state index contributed by atoms with van der Waals surface area (Å²) in [5.74, 6) is -0.112. The first-order valence-electron chi connectivity index (χ1n) is 5.94. The number of benzene rings is 2. The van der Waals surface area contributed by atoms with E-state index in [0.29, 0.717) is 0 Å². The number of hydrogen-bond donors (Lipinski definition) is 0. The van der Waals surface area contributed by atoms with Crippen molar-refractivity contribution in [2.75, 3.05) is 7.11 Å². The van der Waals surface area contributed by atoms with Gasteiger partial charge < -0.3 is 4.74 Å². The molecular formula is C15H13BrO2. The molecule has 0 amide bonds. The minimum atomic E-state index is -0.379. The van der Waals surface area contributed by atoms with Crippen LogP contribution in [0.4, 0.5) is 0 Å². The van der Waals surface area contributed by atoms with Crippen LogP contribution in [0.15, 0.2) is 40.9 Å². The normalized spacial score (nSPS) is 16.6. The Bertz CT molecular complexity index is 629. The zero-order valence-corrected chi connectivity index (χ0v) is 11.7. The molecule has 2 aromatic rings. The van der Waals surface area contributed by atoms with Crippen LogP contribution in [0.3, 0.4) is 0 Å². The molecule has 2 aromatic carbocycles. The third-order valence-electron chi connectivity index (χ3n) is 3.68. The predicted molar refractivity (Wildman–Crippen MR) is 74.6 cm³/mol. The monoisotopic (exact) mass is 304 g/mol. The number of carbonyl (C=O) groups excluding carboxylic acids is 1. The van der Waals surface area contributed by atoms with Crippen molar-refractivity contribution in [2.24, 2.45) is 0 Å². The largest absolute Gasteiger partial charge is 0.468 e. The first-order valence-corrected chi connectivity index (χ1v) is 6.73. The molecule has 3 rings (SSSR count). The molecule has 0 aliphatic heterocycles. The van der Waals surface area contributed by atoms with E-state index in [2.05, 4.69) is 40.2 Å². The van der Waals surface area contributed by atoms with E-state index >= 15 is 0 Å². The molecule has 0 radical (unpaired) electrons. The van der Waals surface area contributed by atoms with Crippen LogP contribution in [0.25, 0.3) is 10.8 Å². The number of halogens is 1. The van der Waals surface area contributed by atoms with Crippen LogP contribution < -0.4 is 0 Å². The average molecular weight is 305 g/mol. The molecule has 0 bridgehead atoms. The molecule has 0 heterocycles. The molecular weight excluding hydrogens is 292 g/mol. The SMILES string of the molecule is COC(=O)C1(c2ccc3cc(Br)ccc3c2)CC1. The molecule has 0 aromatic heterocycles. The lowest BCUT2D eigenvalue weighted by Gasteiger charge is -2.13. The molecule has 0 atom stereocenters. The highest BCUT2D eigenvalue weighted by Gasteiger charge is 2.52. The van der Waals surface area contributed by atoms with Gasteiger partial charge in [0.15, 0.2) is 0 Å². The van der Waals surface area contributed by atoms with Gasteiger partial charge >= 0.3 is 5.97 Å². The summed E-state index contributed by atoms with van der Waals surface area (Å²) in [6.45, 7) is 0. The number of rotatable bonds is 2. The van der Waals surface area contributed by atoms with Gasteiger partial charge in [-0.05, 0) is 41.3 Å². The fraction of sp³-hybridized carbons (Fsp3) is 0.267. The lowest BCUT2D eigenvalue weighted by molar-refractivity contribution is -0.143. The lowest BCUT2D eigenvalue weighted by Crippen LogP contribution is -2.21. The Hall–Kier alpha value is -1.35. The second kappa shape index (κ2) is 4.09. The Morgan fingerprint density at radius 3 is 2.50 bits per heavy atom. The maximum Gasteiger partial charge on any atom is 0.316 e. The molecule has 0 spiro atoms. The van der Waals surface area contributed by atoms with E-state index in [1.165, 1.54) is 12.5 Å². The minimum absolute atomic E-state index is 0.112. The fourth-order valence-electron chi connectivity index (χ4n) is 2.45. The second-order valence-electron chi connectivity index (χ2n) is 4.78. The zero-order chi connectivity index (χ0) is 12.8. The summed E-state index contributed by atoms with van der Waals surface area (Å²) < 4.78 is 5.98. The number of hydrogen-bond acceptors (Lipinski definition) is 2. The number of methoxy groups -OCH3 is 1. The number of esters is 1. The van der Waals surface area contributed by atoms with Crippen molar-refractivity contribution in [3.63, 3.8) is 0 Å². The molecule has 2 nitrogen and oxygen atoms in total. The highest BCUT2D eigenvalue weighted by molar-refractivity contribution is 9.10. The summed E-state index contributed by atoms with van der Waals surface area (Å²) in [6.07, 6.45) is 1.78. The van der Waals surface area contributed by atoms with Crippen LogP contribution in [0.5, 0.6) is 0 Å². The Morgan fingerprint density at radius 2 is 1.83 bits per heavy atom. The standard InChI is InChI=1S/C15H13BrO2/c1-18-14(17)15(6-7-15)12-4-2-11-9-13(16)5-3-10(11)8-12/h2-5,8-9H,6-7H2,1H3. The molecule has 1 saturated carbocycles. The van der Waals surface area contributed by atoms with E-state index in [4.69, 9.17) is 4.74 Å². The molecule has 3 heteroatoms. The quantitative estimate of drug-likeness (QED) is 0.789. The summed E-state index contributed by atoms with van der Waals surface area (Å²) >= 11 is 3.46. The van der Waals surface area contributed by atoms with Gasteiger partial charge in [0.05, 0.1) is 12.5 Å². The maximum absolute atomic E-state index is 11.9. The van der Waals surface area contributed by atoms with Crippen molar-refractivity contribution in [2.45, 2.75) is 18.3 Å². The van der Waals surface area contributed by atoms with E-state index in [9.17, 15) is 4.79 Å². The minimum Gasteiger partial charge on any atom is -0.468 e. The fourth-order valence-corrected chi connectivity index (χ4v) is 2.82. The number of fused-ring (bicyclic) bond motifs is 1. The summed E-state index contributed by atoms with van der Waals surface area (Å²) in [7, 11) is 1.46. The molecule has 1 aliphatic rings. The Morgan fingerprint density at radius 1 is 1.17 bits per heavy atom. The first-order chi connectivity index (χ1) is 8.65. The van der Waals surface area contributed by atoms with Crippen molar-refractivity contribution in [3.05, 3.63) is 46.4 Å². The van der Waals surface area contributed by atoms with Crippen molar-refractivity contribution in [3.8, 4) is 0 Å². The van der Waals surface area contributed by atoms with Crippen molar-refractivity contribution in [1.29, 1.82) is 0 Å². The molecule has 18 heavy (non-hydrogen) atoms. The zero-order valence-electron chi connectivity index (χ0n) is 10.1. The highest BCUT2D eigenvalue weighted by Crippen LogP contribution is 2.49. The second-order valence-corrected chi connectivity index (χ2v) is 5.70. The van der Waals surface area contributed by atoms with Gasteiger partial charge in [0.1, 0.15) is 0 Å². The van der Waals surface area contributed by atoms with Gasteiger partial charge in [0.25, 0.3) is 0 Å². The van der Waals surface area contributed by atoms with Gasteiger partial charge in [-0.1, -0.05) is 40.2 Å². The van der Waals surface area contributed by atoms with Gasteiger partial charge in [-0.15, -0.1) is 0 Å². The summed E-state index contributed by atoms with van der Waals surface area (Å²) in [6, 6.07) is 12.4. The van der Waals surface area contributed by atoms with Gasteiger partial charge in [-0.2, -0.15) is 0 Å². The molecule has 1 fully saturated rings. The van der Waals surface area contributed by atoms with Crippen LogP contribution in [0, 0.1) is 0 Å². The van der Waals surface area contributed by atoms with Gasteiger partial charge in [0, 0.05) is 4.47 Å². The predicted octanol–water partition coefficient (Wildman–Crippen LogP) is 3.81. The van der Waals surface area contributed by atoms with Crippen LogP contribution in [-0.4, -0.2) is 13.1 Å². The molecule has 0 N–H and O–H groups in total. The topological polar surface area (TPSA) is 26.3 Å². The number of ether oxygens (including phenoxy) is 1.